The Morgan fingerprint density at radius 1 is 1.15 bits per heavy atom. The molecule has 1 aliphatic carbocycles. The normalized spacial score (nSPS) is 25.8. The molecule has 0 unspecified atom stereocenters. The van der Waals surface area contributed by atoms with E-state index in [4.69, 9.17) is 5.41 Å². The molecule has 2 heteroatoms. The van der Waals surface area contributed by atoms with E-state index in [-0.39, 0.29) is 0 Å². The molecular weight excluding hydrogens is 160 g/mol. The average Bonchev–Trinajstić information content (AvgIpc) is 2.13. The number of hydrogen-bond donors (Lipinski definition) is 1. The minimum absolute atomic E-state index is 0.598. The van der Waals surface area contributed by atoms with Crippen molar-refractivity contribution in [2.24, 2.45) is 11.8 Å². The first-order valence-corrected chi connectivity index (χ1v) is 5.61. The molecule has 13 heavy (non-hydrogen) atoms. The highest BCUT2D eigenvalue weighted by Gasteiger charge is 2.29. The van der Waals surface area contributed by atoms with E-state index in [0.29, 0.717) is 5.92 Å². The van der Waals surface area contributed by atoms with Gasteiger partial charge in [-0.15, -0.1) is 0 Å². The van der Waals surface area contributed by atoms with Gasteiger partial charge in [0.05, 0.1) is 5.84 Å². The first-order valence-electron chi connectivity index (χ1n) is 5.61. The number of nitrogens with one attached hydrogen (secondary N) is 1. The zero-order chi connectivity index (χ0) is 9.26. The molecule has 2 aliphatic rings. The first kappa shape index (κ1) is 9.04. The van der Waals surface area contributed by atoms with Crippen LogP contribution in [0.5, 0.6) is 0 Å². The quantitative estimate of drug-likeness (QED) is 0.487. The van der Waals surface area contributed by atoms with Crippen LogP contribution in [0.2, 0.25) is 0 Å². The summed E-state index contributed by atoms with van der Waals surface area (Å²) in [5, 5.41) is 8.06. The van der Waals surface area contributed by atoms with Gasteiger partial charge in [0.25, 0.3) is 0 Å². The molecule has 0 amide bonds. The zero-order valence-electron chi connectivity index (χ0n) is 8.55. The minimum Gasteiger partial charge on any atom is -0.360 e. The van der Waals surface area contributed by atoms with Crippen LogP contribution in [0, 0.1) is 17.2 Å². The third-order valence-corrected chi connectivity index (χ3v) is 3.40. The Morgan fingerprint density at radius 3 is 2.31 bits per heavy atom. The molecule has 1 saturated carbocycles. The van der Waals surface area contributed by atoms with Crippen molar-refractivity contribution in [1.29, 1.82) is 5.41 Å². The van der Waals surface area contributed by atoms with E-state index in [9.17, 15) is 0 Å². The van der Waals surface area contributed by atoms with Gasteiger partial charge in [-0.1, -0.05) is 26.2 Å². The number of rotatable bonds is 1. The Kier molecular flexibility index (Phi) is 2.56. The molecule has 2 nitrogen and oxygen atoms in total. The van der Waals surface area contributed by atoms with Gasteiger partial charge in [-0.25, -0.2) is 0 Å². The lowest BCUT2D eigenvalue weighted by Crippen LogP contribution is -2.50. The lowest BCUT2D eigenvalue weighted by Gasteiger charge is -2.42. The van der Waals surface area contributed by atoms with Crippen LogP contribution in [-0.2, 0) is 0 Å². The van der Waals surface area contributed by atoms with E-state index in [2.05, 4.69) is 11.8 Å². The van der Waals surface area contributed by atoms with E-state index >= 15 is 0 Å². The van der Waals surface area contributed by atoms with Crippen LogP contribution in [0.15, 0.2) is 0 Å². The summed E-state index contributed by atoms with van der Waals surface area (Å²) in [5.74, 6) is 2.36. The summed E-state index contributed by atoms with van der Waals surface area (Å²) in [6.45, 7) is 4.54. The van der Waals surface area contributed by atoms with Gasteiger partial charge in [-0.05, 0) is 18.8 Å². The van der Waals surface area contributed by atoms with Crippen LogP contribution in [-0.4, -0.2) is 23.8 Å². The monoisotopic (exact) mass is 180 g/mol. The molecule has 2 fully saturated rings. The van der Waals surface area contributed by atoms with E-state index in [1.165, 1.54) is 32.1 Å². The highest BCUT2D eigenvalue weighted by Crippen LogP contribution is 2.28. The molecule has 0 bridgehead atoms. The molecular formula is C11H20N2. The van der Waals surface area contributed by atoms with E-state index in [1.54, 1.807) is 0 Å². The smallest absolute Gasteiger partial charge is 0.0989 e. The van der Waals surface area contributed by atoms with Crippen LogP contribution in [0.25, 0.3) is 0 Å². The summed E-state index contributed by atoms with van der Waals surface area (Å²) in [4.78, 5) is 2.26. The van der Waals surface area contributed by atoms with Crippen LogP contribution in [0.4, 0.5) is 0 Å². The molecule has 74 valence electrons. The number of likely N-dealkylation sites (tertiary alicyclic amines) is 1. The molecule has 0 aromatic rings. The van der Waals surface area contributed by atoms with Gasteiger partial charge in [-0.3, -0.25) is 5.41 Å². The molecule has 0 radical (unpaired) electrons. The van der Waals surface area contributed by atoms with Crippen LogP contribution in [0.1, 0.15) is 39.0 Å². The molecule has 2 rings (SSSR count). The number of nitrogens with zero attached hydrogens (tertiary/aromatic N) is 1. The summed E-state index contributed by atoms with van der Waals surface area (Å²) in [5.41, 5.74) is 0. The molecule has 1 aliphatic heterocycles. The molecule has 0 spiro atoms. The Morgan fingerprint density at radius 2 is 1.77 bits per heavy atom. The molecule has 1 heterocycles. The predicted molar refractivity (Wildman–Crippen MR) is 55.0 cm³/mol. The number of hydrogen-bond acceptors (Lipinski definition) is 1. The second-order valence-electron chi connectivity index (χ2n) is 4.73. The summed E-state index contributed by atoms with van der Waals surface area (Å²) in [7, 11) is 0. The largest absolute Gasteiger partial charge is 0.360 e. The zero-order valence-corrected chi connectivity index (χ0v) is 8.55. The topological polar surface area (TPSA) is 27.1 Å². The lowest BCUT2D eigenvalue weighted by atomic mass is 9.86. The van der Waals surface area contributed by atoms with Gasteiger partial charge in [0.2, 0.25) is 0 Å². The van der Waals surface area contributed by atoms with Gasteiger partial charge in [0, 0.05) is 19.0 Å². The van der Waals surface area contributed by atoms with Crippen molar-refractivity contribution in [3.05, 3.63) is 0 Å². The maximum absolute atomic E-state index is 8.06. The van der Waals surface area contributed by atoms with Crippen molar-refractivity contribution in [2.45, 2.75) is 39.0 Å². The number of amidine groups is 1. The second-order valence-corrected chi connectivity index (χ2v) is 4.73. The molecule has 1 saturated heterocycles. The van der Waals surface area contributed by atoms with Crippen molar-refractivity contribution >= 4 is 5.84 Å². The van der Waals surface area contributed by atoms with E-state index < -0.39 is 0 Å². The van der Waals surface area contributed by atoms with Gasteiger partial charge in [0.15, 0.2) is 0 Å². The molecule has 0 aromatic carbocycles. The first-order chi connectivity index (χ1) is 6.27. The van der Waals surface area contributed by atoms with E-state index in [1.807, 2.05) is 0 Å². The molecule has 0 aromatic heterocycles. The fraction of sp³-hybridized carbons (Fsp3) is 0.909. The fourth-order valence-corrected chi connectivity index (χ4v) is 2.53. The standard InChI is InChI=1S/C11H20N2/c1-9-7-13(8-9)11(12)10-5-3-2-4-6-10/h9-10,12H,2-8H2,1H3. The van der Waals surface area contributed by atoms with Crippen molar-refractivity contribution in [1.82, 2.24) is 4.90 Å². The minimum atomic E-state index is 0.598. The van der Waals surface area contributed by atoms with E-state index in [0.717, 1.165) is 24.8 Å². The van der Waals surface area contributed by atoms with Gasteiger partial charge in [0.1, 0.15) is 0 Å². The third kappa shape index (κ3) is 1.87. The summed E-state index contributed by atoms with van der Waals surface area (Å²) < 4.78 is 0. The second kappa shape index (κ2) is 3.69. The average molecular weight is 180 g/mol. The SMILES string of the molecule is CC1CN(C(=N)C2CCCCC2)C1. The van der Waals surface area contributed by atoms with Gasteiger partial charge < -0.3 is 4.90 Å². The van der Waals surface area contributed by atoms with Crippen LogP contribution >= 0.6 is 0 Å². The van der Waals surface area contributed by atoms with Crippen LogP contribution < -0.4 is 0 Å². The van der Waals surface area contributed by atoms with Crippen LogP contribution in [0.3, 0.4) is 0 Å². The van der Waals surface area contributed by atoms with Crippen molar-refractivity contribution in [3.8, 4) is 0 Å². The summed E-state index contributed by atoms with van der Waals surface area (Å²) in [6, 6.07) is 0. The lowest BCUT2D eigenvalue weighted by molar-refractivity contribution is 0.189. The Labute approximate surface area is 80.8 Å². The Hall–Kier alpha value is -0.530. The predicted octanol–water partition coefficient (Wildman–Crippen LogP) is 2.50. The third-order valence-electron chi connectivity index (χ3n) is 3.40. The Bertz CT molecular complexity index is 188. The maximum Gasteiger partial charge on any atom is 0.0989 e. The van der Waals surface area contributed by atoms with Crippen molar-refractivity contribution in [3.63, 3.8) is 0 Å². The van der Waals surface area contributed by atoms with Crippen molar-refractivity contribution < 1.29 is 0 Å². The fourth-order valence-electron chi connectivity index (χ4n) is 2.53. The van der Waals surface area contributed by atoms with Crippen molar-refractivity contribution in [2.75, 3.05) is 13.1 Å². The highest BCUT2D eigenvalue weighted by atomic mass is 15.2. The highest BCUT2D eigenvalue weighted by molar-refractivity contribution is 5.82. The molecule has 1 N–H and O–H groups in total. The summed E-state index contributed by atoms with van der Waals surface area (Å²) >= 11 is 0. The van der Waals surface area contributed by atoms with Gasteiger partial charge in [-0.2, -0.15) is 0 Å². The maximum atomic E-state index is 8.06. The van der Waals surface area contributed by atoms with Gasteiger partial charge >= 0.3 is 0 Å². The molecule has 0 atom stereocenters. The Balaban J connectivity index is 1.82. The summed E-state index contributed by atoms with van der Waals surface area (Å²) in [6.07, 6.45) is 6.61.